The van der Waals surface area contributed by atoms with Crippen molar-refractivity contribution in [3.05, 3.63) is 29.8 Å². The number of halogens is 4. The van der Waals surface area contributed by atoms with Crippen molar-refractivity contribution in [3.63, 3.8) is 0 Å². The van der Waals surface area contributed by atoms with Gasteiger partial charge >= 0.3 is 6.18 Å². The zero-order valence-electron chi connectivity index (χ0n) is 11.4. The van der Waals surface area contributed by atoms with Gasteiger partial charge in [-0.05, 0) is 55.9 Å². The minimum Gasteiger partial charge on any atom is -0.378 e. The van der Waals surface area contributed by atoms with E-state index in [4.69, 9.17) is 11.6 Å². The number of hydrogen-bond donors (Lipinski definition) is 1. The van der Waals surface area contributed by atoms with Crippen molar-refractivity contribution in [2.45, 2.75) is 44.3 Å². The minimum atomic E-state index is -4.29. The summed E-state index contributed by atoms with van der Waals surface area (Å²) in [5.74, 6) is 1.17. The van der Waals surface area contributed by atoms with E-state index in [1.807, 2.05) is 0 Å². The summed E-state index contributed by atoms with van der Waals surface area (Å²) in [7, 11) is 0. The fourth-order valence-corrected chi connectivity index (χ4v) is 2.99. The van der Waals surface area contributed by atoms with Gasteiger partial charge in [0.15, 0.2) is 0 Å². The molecule has 112 valence electrons. The summed E-state index contributed by atoms with van der Waals surface area (Å²) >= 11 is 6.10. The second-order valence-electron chi connectivity index (χ2n) is 5.80. The van der Waals surface area contributed by atoms with Crippen LogP contribution >= 0.6 is 11.6 Å². The van der Waals surface area contributed by atoms with Crippen LogP contribution < -0.4 is 5.32 Å². The maximum atomic E-state index is 12.5. The molecule has 1 aromatic carbocycles. The van der Waals surface area contributed by atoms with Gasteiger partial charge in [0, 0.05) is 11.6 Å². The van der Waals surface area contributed by atoms with Crippen LogP contribution in [0.15, 0.2) is 24.3 Å². The highest BCUT2D eigenvalue weighted by Gasteiger charge is 2.34. The number of benzene rings is 1. The van der Waals surface area contributed by atoms with Gasteiger partial charge in [0.2, 0.25) is 0 Å². The van der Waals surface area contributed by atoms with Gasteiger partial charge in [-0.2, -0.15) is 13.2 Å². The highest BCUT2D eigenvalue weighted by molar-refractivity contribution is 6.18. The van der Waals surface area contributed by atoms with Crippen LogP contribution in [-0.4, -0.2) is 11.4 Å². The van der Waals surface area contributed by atoms with Gasteiger partial charge in [-0.15, -0.1) is 11.6 Å². The molecule has 0 aromatic heterocycles. The average molecular weight is 306 g/mol. The maximum absolute atomic E-state index is 12.5. The Labute approximate surface area is 122 Å². The summed E-state index contributed by atoms with van der Waals surface area (Å²) < 4.78 is 37.6. The molecule has 1 aromatic rings. The fourth-order valence-electron chi connectivity index (χ4n) is 2.66. The molecule has 0 unspecified atom stereocenters. The molecule has 0 saturated heterocycles. The molecule has 2 rings (SSSR count). The molecule has 5 heteroatoms. The second kappa shape index (κ2) is 5.84. The molecule has 0 amide bonds. The number of alkyl halides is 4. The molecule has 0 bridgehead atoms. The van der Waals surface area contributed by atoms with Crippen LogP contribution in [0.25, 0.3) is 0 Å². The Balaban J connectivity index is 2.08. The van der Waals surface area contributed by atoms with Gasteiger partial charge in [-0.25, -0.2) is 0 Å². The van der Waals surface area contributed by atoms with Gasteiger partial charge in [-0.3, -0.25) is 0 Å². The third-order valence-electron chi connectivity index (χ3n) is 4.11. The minimum absolute atomic E-state index is 0.187. The Hall–Kier alpha value is -0.900. The van der Waals surface area contributed by atoms with E-state index < -0.39 is 11.7 Å². The Kier molecular flexibility index (Phi) is 4.52. The SMILES string of the molecule is CC1CCC(CCl)(Nc2ccc(C(F)(F)F)cc2)CC1. The first-order valence-corrected chi connectivity index (χ1v) is 7.39. The molecule has 0 heterocycles. The molecule has 1 aliphatic rings. The molecular weight excluding hydrogens is 287 g/mol. The Morgan fingerprint density at radius 2 is 1.75 bits per heavy atom. The van der Waals surface area contributed by atoms with Crippen molar-refractivity contribution >= 4 is 17.3 Å². The second-order valence-corrected chi connectivity index (χ2v) is 6.06. The first-order valence-electron chi connectivity index (χ1n) is 6.86. The van der Waals surface area contributed by atoms with E-state index in [2.05, 4.69) is 12.2 Å². The smallest absolute Gasteiger partial charge is 0.378 e. The average Bonchev–Trinajstić information content (AvgIpc) is 2.41. The highest BCUT2D eigenvalue weighted by atomic mass is 35.5. The molecule has 20 heavy (non-hydrogen) atoms. The maximum Gasteiger partial charge on any atom is 0.416 e. The molecule has 0 radical (unpaired) electrons. The summed E-state index contributed by atoms with van der Waals surface area (Å²) in [4.78, 5) is 0. The molecular formula is C15H19ClF3N. The predicted octanol–water partition coefficient (Wildman–Crippen LogP) is 5.31. The summed E-state index contributed by atoms with van der Waals surface area (Å²) in [5.41, 5.74) is -0.109. The van der Waals surface area contributed by atoms with Crippen LogP contribution in [0.4, 0.5) is 18.9 Å². The predicted molar refractivity (Wildman–Crippen MR) is 76.1 cm³/mol. The summed E-state index contributed by atoms with van der Waals surface area (Å²) in [6.07, 6.45) is -0.180. The first-order chi connectivity index (χ1) is 9.35. The quantitative estimate of drug-likeness (QED) is 0.747. The van der Waals surface area contributed by atoms with Crippen molar-refractivity contribution in [1.82, 2.24) is 0 Å². The van der Waals surface area contributed by atoms with E-state index in [1.54, 1.807) is 0 Å². The van der Waals surface area contributed by atoms with Gasteiger partial charge in [-0.1, -0.05) is 6.92 Å². The number of hydrogen-bond acceptors (Lipinski definition) is 1. The van der Waals surface area contributed by atoms with Crippen LogP contribution in [0, 0.1) is 5.92 Å². The Morgan fingerprint density at radius 1 is 1.20 bits per heavy atom. The van der Waals surface area contributed by atoms with E-state index >= 15 is 0 Å². The number of rotatable bonds is 3. The zero-order valence-corrected chi connectivity index (χ0v) is 12.2. The van der Waals surface area contributed by atoms with E-state index in [9.17, 15) is 13.2 Å². The van der Waals surface area contributed by atoms with E-state index in [0.717, 1.165) is 37.8 Å². The summed E-state index contributed by atoms with van der Waals surface area (Å²) in [6.45, 7) is 2.22. The van der Waals surface area contributed by atoms with Crippen LogP contribution in [0.5, 0.6) is 0 Å². The molecule has 1 fully saturated rings. The topological polar surface area (TPSA) is 12.0 Å². The van der Waals surface area contributed by atoms with Crippen LogP contribution in [0.1, 0.15) is 38.2 Å². The summed E-state index contributed by atoms with van der Waals surface area (Å²) in [5, 5.41) is 3.34. The Bertz CT molecular complexity index is 433. The van der Waals surface area contributed by atoms with Crippen molar-refractivity contribution in [2.24, 2.45) is 5.92 Å². The molecule has 1 nitrogen and oxygen atoms in total. The van der Waals surface area contributed by atoms with Gasteiger partial charge < -0.3 is 5.32 Å². The standard InChI is InChI=1S/C15H19ClF3N/c1-11-6-8-14(10-16,9-7-11)20-13-4-2-12(3-5-13)15(17,18)19/h2-5,11,20H,6-10H2,1H3. The normalized spacial score (nSPS) is 27.4. The van der Waals surface area contributed by atoms with Gasteiger partial charge in [0.05, 0.1) is 11.1 Å². The van der Waals surface area contributed by atoms with E-state index in [-0.39, 0.29) is 5.54 Å². The molecule has 0 spiro atoms. The van der Waals surface area contributed by atoms with Crippen LogP contribution in [0.3, 0.4) is 0 Å². The Morgan fingerprint density at radius 3 is 2.20 bits per heavy atom. The van der Waals surface area contributed by atoms with Crippen molar-refractivity contribution in [3.8, 4) is 0 Å². The van der Waals surface area contributed by atoms with Crippen molar-refractivity contribution in [1.29, 1.82) is 0 Å². The van der Waals surface area contributed by atoms with Gasteiger partial charge in [0.25, 0.3) is 0 Å². The lowest BCUT2D eigenvalue weighted by Crippen LogP contribution is -2.43. The highest BCUT2D eigenvalue weighted by Crippen LogP contribution is 2.36. The first kappa shape index (κ1) is 15.5. The largest absolute Gasteiger partial charge is 0.416 e. The van der Waals surface area contributed by atoms with Crippen molar-refractivity contribution in [2.75, 3.05) is 11.2 Å². The van der Waals surface area contributed by atoms with Gasteiger partial charge in [0.1, 0.15) is 0 Å². The van der Waals surface area contributed by atoms with E-state index in [0.29, 0.717) is 17.5 Å². The molecule has 1 aliphatic carbocycles. The molecule has 1 saturated carbocycles. The number of anilines is 1. The van der Waals surface area contributed by atoms with Crippen LogP contribution in [-0.2, 0) is 6.18 Å². The fraction of sp³-hybridized carbons (Fsp3) is 0.600. The number of nitrogens with one attached hydrogen (secondary N) is 1. The lowest BCUT2D eigenvalue weighted by atomic mass is 9.78. The van der Waals surface area contributed by atoms with E-state index in [1.165, 1.54) is 12.1 Å². The monoisotopic (exact) mass is 305 g/mol. The lowest BCUT2D eigenvalue weighted by molar-refractivity contribution is -0.137. The van der Waals surface area contributed by atoms with Crippen LogP contribution in [0.2, 0.25) is 0 Å². The molecule has 0 atom stereocenters. The molecule has 0 aliphatic heterocycles. The third kappa shape index (κ3) is 3.60. The summed E-state index contributed by atoms with van der Waals surface area (Å²) in [6, 6.07) is 5.18. The zero-order chi connectivity index (χ0) is 14.8. The molecule has 1 N–H and O–H groups in total. The third-order valence-corrected chi connectivity index (χ3v) is 4.62. The lowest BCUT2D eigenvalue weighted by Gasteiger charge is -2.39. The van der Waals surface area contributed by atoms with Crippen molar-refractivity contribution < 1.29 is 13.2 Å².